The summed E-state index contributed by atoms with van der Waals surface area (Å²) in [6, 6.07) is 4.17. The molecule has 0 radical (unpaired) electrons. The van der Waals surface area contributed by atoms with Crippen molar-refractivity contribution in [3.8, 4) is 0 Å². The number of aryl methyl sites for hydroxylation is 1. The van der Waals surface area contributed by atoms with E-state index in [0.717, 1.165) is 11.9 Å². The molecular weight excluding hydrogens is 222 g/mol. The second-order valence-electron chi connectivity index (χ2n) is 3.83. The van der Waals surface area contributed by atoms with Crippen molar-refractivity contribution in [3.63, 3.8) is 0 Å². The van der Waals surface area contributed by atoms with Crippen molar-refractivity contribution >= 4 is 12.6 Å². The number of imidazole rings is 1. The Bertz CT molecular complexity index is 528. The van der Waals surface area contributed by atoms with Crippen molar-refractivity contribution in [2.24, 2.45) is 0 Å². The fourth-order valence-electron chi connectivity index (χ4n) is 1.61. The van der Waals surface area contributed by atoms with Crippen LogP contribution in [0.15, 0.2) is 30.6 Å². The van der Waals surface area contributed by atoms with Crippen LogP contribution in [-0.4, -0.2) is 26.7 Å². The zero-order valence-corrected chi connectivity index (χ0v) is 9.34. The summed E-state index contributed by atoms with van der Waals surface area (Å²) in [4.78, 5) is 4.05. The lowest BCUT2D eigenvalue weighted by atomic mass is 9.80. The summed E-state index contributed by atoms with van der Waals surface area (Å²) in [6.45, 7) is 2.21. The summed E-state index contributed by atoms with van der Waals surface area (Å²) in [5.74, 6) is 0.347. The molecule has 0 bridgehead atoms. The largest absolute Gasteiger partial charge is 0.488 e. The lowest BCUT2D eigenvalue weighted by Crippen LogP contribution is -2.30. The van der Waals surface area contributed by atoms with Gasteiger partial charge in [0, 0.05) is 18.0 Å². The van der Waals surface area contributed by atoms with Gasteiger partial charge in [-0.3, -0.25) is 0 Å². The highest BCUT2D eigenvalue weighted by Crippen LogP contribution is 2.09. The molecule has 0 saturated carbocycles. The minimum Gasteiger partial charge on any atom is -0.423 e. The van der Waals surface area contributed by atoms with Gasteiger partial charge in [0.25, 0.3) is 0 Å². The Kier molecular flexibility index (Phi) is 3.26. The van der Waals surface area contributed by atoms with Gasteiger partial charge in [-0.2, -0.15) is 0 Å². The van der Waals surface area contributed by atoms with Crippen LogP contribution in [-0.2, 0) is 6.54 Å². The van der Waals surface area contributed by atoms with Crippen molar-refractivity contribution in [1.82, 2.24) is 9.55 Å². The van der Waals surface area contributed by atoms with Gasteiger partial charge in [0.2, 0.25) is 0 Å². The van der Waals surface area contributed by atoms with Crippen LogP contribution in [0, 0.1) is 12.7 Å². The second kappa shape index (κ2) is 4.69. The van der Waals surface area contributed by atoms with Gasteiger partial charge in [0.15, 0.2) is 0 Å². The molecule has 0 saturated heterocycles. The van der Waals surface area contributed by atoms with E-state index in [4.69, 9.17) is 10.0 Å². The van der Waals surface area contributed by atoms with E-state index in [1.54, 1.807) is 18.5 Å². The van der Waals surface area contributed by atoms with E-state index in [9.17, 15) is 4.39 Å². The molecular formula is C11H12BFN2O2. The number of benzene rings is 1. The average Bonchev–Trinajstić information content (AvgIpc) is 2.67. The molecule has 6 heteroatoms. The van der Waals surface area contributed by atoms with Crippen LogP contribution in [0.3, 0.4) is 0 Å². The number of nitrogens with zero attached hydrogens (tertiary/aromatic N) is 2. The van der Waals surface area contributed by atoms with Gasteiger partial charge in [-0.15, -0.1) is 0 Å². The fraction of sp³-hybridized carbons (Fsp3) is 0.182. The van der Waals surface area contributed by atoms with Crippen LogP contribution in [0.2, 0.25) is 0 Å². The predicted molar refractivity (Wildman–Crippen MR) is 62.3 cm³/mol. The molecule has 1 aromatic heterocycles. The molecule has 1 heterocycles. The summed E-state index contributed by atoms with van der Waals surface area (Å²) < 4.78 is 15.5. The smallest absolute Gasteiger partial charge is 0.423 e. The Morgan fingerprint density at radius 2 is 2.18 bits per heavy atom. The zero-order chi connectivity index (χ0) is 12.4. The number of hydrogen-bond donors (Lipinski definition) is 2. The number of halogens is 1. The van der Waals surface area contributed by atoms with Crippen molar-refractivity contribution in [2.45, 2.75) is 13.5 Å². The van der Waals surface area contributed by atoms with Crippen LogP contribution in [0.4, 0.5) is 4.39 Å². The van der Waals surface area contributed by atoms with E-state index >= 15 is 0 Å². The summed E-state index contributed by atoms with van der Waals surface area (Å²) in [6.07, 6.45) is 3.42. The Balaban J connectivity index is 2.26. The van der Waals surface area contributed by atoms with Crippen molar-refractivity contribution < 1.29 is 14.4 Å². The molecule has 2 rings (SSSR count). The fourth-order valence-corrected chi connectivity index (χ4v) is 1.61. The molecule has 1 aromatic carbocycles. The maximum Gasteiger partial charge on any atom is 0.488 e. The SMILES string of the molecule is Cc1nccn1Cc1ccc(B(O)O)cc1F. The molecule has 0 atom stereocenters. The van der Waals surface area contributed by atoms with Gasteiger partial charge >= 0.3 is 7.12 Å². The average molecular weight is 234 g/mol. The minimum absolute atomic E-state index is 0.147. The summed E-state index contributed by atoms with van der Waals surface area (Å²) in [5, 5.41) is 17.8. The van der Waals surface area contributed by atoms with Crippen LogP contribution in [0.25, 0.3) is 0 Å². The normalized spacial score (nSPS) is 10.6. The molecule has 2 N–H and O–H groups in total. The molecule has 0 aliphatic rings. The van der Waals surface area contributed by atoms with E-state index in [1.807, 2.05) is 11.5 Å². The molecule has 0 aliphatic carbocycles. The topological polar surface area (TPSA) is 58.3 Å². The molecule has 88 valence electrons. The zero-order valence-electron chi connectivity index (χ0n) is 9.34. The lowest BCUT2D eigenvalue weighted by molar-refractivity contribution is 0.425. The molecule has 0 unspecified atom stereocenters. The number of rotatable bonds is 3. The lowest BCUT2D eigenvalue weighted by Gasteiger charge is -2.08. The monoisotopic (exact) mass is 234 g/mol. The second-order valence-corrected chi connectivity index (χ2v) is 3.83. The summed E-state index contributed by atoms with van der Waals surface area (Å²) in [7, 11) is -1.64. The van der Waals surface area contributed by atoms with Crippen molar-refractivity contribution in [2.75, 3.05) is 0 Å². The summed E-state index contributed by atoms with van der Waals surface area (Å²) >= 11 is 0. The van der Waals surface area contributed by atoms with Gasteiger partial charge in [-0.05, 0) is 18.5 Å². The third kappa shape index (κ3) is 2.54. The van der Waals surface area contributed by atoms with Gasteiger partial charge in [-0.1, -0.05) is 12.1 Å². The molecule has 0 spiro atoms. The first kappa shape index (κ1) is 11.8. The molecule has 0 fully saturated rings. The highest BCUT2D eigenvalue weighted by Gasteiger charge is 2.13. The molecule has 4 nitrogen and oxygen atoms in total. The minimum atomic E-state index is -1.64. The predicted octanol–water partition coefficient (Wildman–Crippen LogP) is 0.0587. The Labute approximate surface area is 98.5 Å². The van der Waals surface area contributed by atoms with Gasteiger partial charge in [0.1, 0.15) is 11.6 Å². The van der Waals surface area contributed by atoms with E-state index in [0.29, 0.717) is 12.1 Å². The van der Waals surface area contributed by atoms with E-state index < -0.39 is 12.9 Å². The van der Waals surface area contributed by atoms with Crippen molar-refractivity contribution in [1.29, 1.82) is 0 Å². The first-order valence-corrected chi connectivity index (χ1v) is 5.20. The van der Waals surface area contributed by atoms with Gasteiger partial charge in [0.05, 0.1) is 6.54 Å². The molecule has 2 aromatic rings. The maximum atomic E-state index is 13.7. The van der Waals surface area contributed by atoms with Crippen molar-refractivity contribution in [3.05, 3.63) is 47.8 Å². The summed E-state index contributed by atoms with van der Waals surface area (Å²) in [5.41, 5.74) is 0.629. The third-order valence-electron chi connectivity index (χ3n) is 2.64. The number of aromatic nitrogens is 2. The molecule has 0 aliphatic heterocycles. The van der Waals surface area contributed by atoms with E-state index in [2.05, 4.69) is 4.98 Å². The Hall–Kier alpha value is -1.66. The number of hydrogen-bond acceptors (Lipinski definition) is 3. The van der Waals surface area contributed by atoms with E-state index in [1.165, 1.54) is 6.07 Å². The highest BCUT2D eigenvalue weighted by molar-refractivity contribution is 6.58. The Morgan fingerprint density at radius 3 is 2.71 bits per heavy atom. The van der Waals surface area contributed by atoms with Gasteiger partial charge in [-0.25, -0.2) is 9.37 Å². The third-order valence-corrected chi connectivity index (χ3v) is 2.64. The highest BCUT2D eigenvalue weighted by atomic mass is 19.1. The Morgan fingerprint density at radius 1 is 1.41 bits per heavy atom. The van der Waals surface area contributed by atoms with Crippen LogP contribution >= 0.6 is 0 Å². The quantitative estimate of drug-likeness (QED) is 0.738. The standard InChI is InChI=1S/C11H12BFN2O2/c1-8-14-4-5-15(8)7-9-2-3-10(12(16)17)6-11(9)13/h2-6,16-17H,7H2,1H3. The first-order valence-electron chi connectivity index (χ1n) is 5.20. The van der Waals surface area contributed by atoms with Gasteiger partial charge < -0.3 is 14.6 Å². The van der Waals surface area contributed by atoms with Crippen LogP contribution in [0.5, 0.6) is 0 Å². The van der Waals surface area contributed by atoms with Crippen LogP contribution in [0.1, 0.15) is 11.4 Å². The maximum absolute atomic E-state index is 13.7. The van der Waals surface area contributed by atoms with E-state index in [-0.39, 0.29) is 5.46 Å². The molecule has 0 amide bonds. The molecule has 17 heavy (non-hydrogen) atoms. The first-order chi connectivity index (χ1) is 8.08. The van der Waals surface area contributed by atoms with Crippen LogP contribution < -0.4 is 5.46 Å².